The first kappa shape index (κ1) is 12.6. The standard InChI is InChI=1S/C14H19N3O/c1-9-5-4-6-10(2)14(9)18-8-13-12(7-15)11(3)16-17-13/h4-6H,7-8,15H2,1-3H3,(H,16,17). The molecule has 96 valence electrons. The number of ether oxygens (including phenoxy) is 1. The fourth-order valence-electron chi connectivity index (χ4n) is 2.06. The predicted octanol–water partition coefficient (Wildman–Crippen LogP) is 2.37. The highest BCUT2D eigenvalue weighted by Gasteiger charge is 2.10. The molecule has 0 unspecified atom stereocenters. The smallest absolute Gasteiger partial charge is 0.132 e. The lowest BCUT2D eigenvalue weighted by Crippen LogP contribution is -2.05. The van der Waals surface area contributed by atoms with Gasteiger partial charge in [0.2, 0.25) is 0 Å². The number of nitrogens with one attached hydrogen (secondary N) is 1. The van der Waals surface area contributed by atoms with Crippen LogP contribution >= 0.6 is 0 Å². The van der Waals surface area contributed by atoms with Crippen LogP contribution < -0.4 is 10.5 Å². The molecule has 2 aromatic rings. The topological polar surface area (TPSA) is 63.9 Å². The van der Waals surface area contributed by atoms with Gasteiger partial charge in [-0.3, -0.25) is 5.10 Å². The van der Waals surface area contributed by atoms with E-state index in [1.165, 1.54) is 0 Å². The average molecular weight is 245 g/mol. The Hall–Kier alpha value is -1.81. The van der Waals surface area contributed by atoms with Crippen LogP contribution in [0.15, 0.2) is 18.2 Å². The Morgan fingerprint density at radius 2 is 1.89 bits per heavy atom. The monoisotopic (exact) mass is 245 g/mol. The normalized spacial score (nSPS) is 10.7. The van der Waals surface area contributed by atoms with Gasteiger partial charge in [-0.25, -0.2) is 0 Å². The van der Waals surface area contributed by atoms with Gasteiger partial charge in [0, 0.05) is 17.8 Å². The maximum Gasteiger partial charge on any atom is 0.132 e. The number of para-hydroxylation sites is 1. The molecule has 0 aliphatic rings. The fourth-order valence-corrected chi connectivity index (χ4v) is 2.06. The first-order chi connectivity index (χ1) is 8.63. The molecule has 0 saturated carbocycles. The number of nitrogens with zero attached hydrogens (tertiary/aromatic N) is 1. The molecule has 0 spiro atoms. The SMILES string of the molecule is Cc1cccc(C)c1OCc1n[nH]c(C)c1CN. The van der Waals surface area contributed by atoms with E-state index in [0.29, 0.717) is 13.2 Å². The Bertz CT molecular complexity index is 526. The molecule has 1 aromatic heterocycles. The van der Waals surface area contributed by atoms with Crippen molar-refractivity contribution >= 4 is 0 Å². The van der Waals surface area contributed by atoms with E-state index < -0.39 is 0 Å². The lowest BCUT2D eigenvalue weighted by molar-refractivity contribution is 0.296. The molecule has 4 heteroatoms. The third-order valence-electron chi connectivity index (χ3n) is 3.13. The molecule has 0 aliphatic heterocycles. The number of aryl methyl sites for hydroxylation is 3. The fraction of sp³-hybridized carbons (Fsp3) is 0.357. The summed E-state index contributed by atoms with van der Waals surface area (Å²) >= 11 is 0. The van der Waals surface area contributed by atoms with E-state index in [1.54, 1.807) is 0 Å². The van der Waals surface area contributed by atoms with Crippen LogP contribution in [-0.2, 0) is 13.2 Å². The van der Waals surface area contributed by atoms with E-state index >= 15 is 0 Å². The third kappa shape index (κ3) is 2.38. The van der Waals surface area contributed by atoms with Gasteiger partial charge in [-0.2, -0.15) is 5.10 Å². The Morgan fingerprint density at radius 3 is 2.50 bits per heavy atom. The third-order valence-corrected chi connectivity index (χ3v) is 3.13. The van der Waals surface area contributed by atoms with Crippen LogP contribution in [-0.4, -0.2) is 10.2 Å². The van der Waals surface area contributed by atoms with E-state index in [2.05, 4.69) is 10.2 Å². The summed E-state index contributed by atoms with van der Waals surface area (Å²) < 4.78 is 5.87. The summed E-state index contributed by atoms with van der Waals surface area (Å²) in [5.74, 6) is 0.932. The number of aromatic nitrogens is 2. The van der Waals surface area contributed by atoms with Crippen molar-refractivity contribution in [3.63, 3.8) is 0 Å². The molecular formula is C14H19N3O. The van der Waals surface area contributed by atoms with Gasteiger partial charge in [-0.15, -0.1) is 0 Å². The van der Waals surface area contributed by atoms with Gasteiger partial charge in [-0.05, 0) is 31.9 Å². The van der Waals surface area contributed by atoms with Crippen molar-refractivity contribution in [2.45, 2.75) is 33.9 Å². The highest BCUT2D eigenvalue weighted by Crippen LogP contribution is 2.23. The first-order valence-electron chi connectivity index (χ1n) is 6.05. The quantitative estimate of drug-likeness (QED) is 0.869. The molecule has 1 heterocycles. The second-order valence-electron chi connectivity index (χ2n) is 4.49. The average Bonchev–Trinajstić information content (AvgIpc) is 2.69. The number of aromatic amines is 1. The zero-order chi connectivity index (χ0) is 13.1. The van der Waals surface area contributed by atoms with Gasteiger partial charge >= 0.3 is 0 Å². The van der Waals surface area contributed by atoms with Gasteiger partial charge in [0.05, 0.1) is 0 Å². The maximum atomic E-state index is 5.87. The molecule has 1 aromatic carbocycles. The summed E-state index contributed by atoms with van der Waals surface area (Å²) in [6, 6.07) is 6.12. The van der Waals surface area contributed by atoms with Crippen molar-refractivity contribution in [2.24, 2.45) is 5.73 Å². The summed E-state index contributed by atoms with van der Waals surface area (Å²) in [6.45, 7) is 6.98. The van der Waals surface area contributed by atoms with E-state index in [-0.39, 0.29) is 0 Å². The summed E-state index contributed by atoms with van der Waals surface area (Å²) in [5, 5.41) is 7.17. The van der Waals surface area contributed by atoms with Crippen LogP contribution in [0.5, 0.6) is 5.75 Å². The maximum absolute atomic E-state index is 5.87. The van der Waals surface area contributed by atoms with E-state index in [4.69, 9.17) is 10.5 Å². The van der Waals surface area contributed by atoms with Crippen LogP contribution in [0.3, 0.4) is 0 Å². The van der Waals surface area contributed by atoms with Crippen molar-refractivity contribution in [2.75, 3.05) is 0 Å². The highest BCUT2D eigenvalue weighted by molar-refractivity contribution is 5.40. The number of hydrogen-bond acceptors (Lipinski definition) is 3. The zero-order valence-corrected chi connectivity index (χ0v) is 11.1. The number of nitrogens with two attached hydrogens (primary N) is 1. The molecule has 0 radical (unpaired) electrons. The van der Waals surface area contributed by atoms with Gasteiger partial charge in [0.15, 0.2) is 0 Å². The largest absolute Gasteiger partial charge is 0.487 e. The Labute approximate surface area is 107 Å². The van der Waals surface area contributed by atoms with Crippen LogP contribution in [0.25, 0.3) is 0 Å². The summed E-state index contributed by atoms with van der Waals surface area (Å²) in [4.78, 5) is 0. The van der Waals surface area contributed by atoms with Crippen LogP contribution in [0.2, 0.25) is 0 Å². The lowest BCUT2D eigenvalue weighted by atomic mass is 10.1. The molecule has 0 atom stereocenters. The molecule has 0 bridgehead atoms. The van der Waals surface area contributed by atoms with Gasteiger partial charge in [0.25, 0.3) is 0 Å². The summed E-state index contributed by atoms with van der Waals surface area (Å²) in [5.41, 5.74) is 10.9. The van der Waals surface area contributed by atoms with Crippen LogP contribution in [0, 0.1) is 20.8 Å². The lowest BCUT2D eigenvalue weighted by Gasteiger charge is -2.11. The zero-order valence-electron chi connectivity index (χ0n) is 11.1. The minimum Gasteiger partial charge on any atom is -0.487 e. The molecular weight excluding hydrogens is 226 g/mol. The van der Waals surface area contributed by atoms with Crippen molar-refractivity contribution in [3.05, 3.63) is 46.3 Å². The van der Waals surface area contributed by atoms with Gasteiger partial charge < -0.3 is 10.5 Å². The number of hydrogen-bond donors (Lipinski definition) is 2. The number of benzene rings is 1. The van der Waals surface area contributed by atoms with Crippen molar-refractivity contribution < 1.29 is 4.74 Å². The van der Waals surface area contributed by atoms with Crippen molar-refractivity contribution in [3.8, 4) is 5.75 Å². The molecule has 0 saturated heterocycles. The Balaban J connectivity index is 2.16. The van der Waals surface area contributed by atoms with E-state index in [1.807, 2.05) is 39.0 Å². The Morgan fingerprint density at radius 1 is 1.22 bits per heavy atom. The minimum absolute atomic E-state index is 0.447. The Kier molecular flexibility index (Phi) is 3.67. The van der Waals surface area contributed by atoms with Crippen LogP contribution in [0.1, 0.15) is 28.1 Å². The highest BCUT2D eigenvalue weighted by atomic mass is 16.5. The second-order valence-corrected chi connectivity index (χ2v) is 4.49. The number of rotatable bonds is 4. The van der Waals surface area contributed by atoms with E-state index in [9.17, 15) is 0 Å². The molecule has 18 heavy (non-hydrogen) atoms. The first-order valence-corrected chi connectivity index (χ1v) is 6.05. The molecule has 0 aliphatic carbocycles. The summed E-state index contributed by atoms with van der Waals surface area (Å²) in [6.07, 6.45) is 0. The molecule has 2 rings (SSSR count). The van der Waals surface area contributed by atoms with Gasteiger partial charge in [-0.1, -0.05) is 18.2 Å². The molecule has 3 N–H and O–H groups in total. The van der Waals surface area contributed by atoms with Gasteiger partial charge in [0.1, 0.15) is 18.1 Å². The van der Waals surface area contributed by atoms with Crippen molar-refractivity contribution in [1.29, 1.82) is 0 Å². The second kappa shape index (κ2) is 5.23. The molecule has 0 fully saturated rings. The van der Waals surface area contributed by atoms with Crippen molar-refractivity contribution in [1.82, 2.24) is 10.2 Å². The molecule has 4 nitrogen and oxygen atoms in total. The van der Waals surface area contributed by atoms with E-state index in [0.717, 1.165) is 33.8 Å². The van der Waals surface area contributed by atoms with Crippen LogP contribution in [0.4, 0.5) is 0 Å². The predicted molar refractivity (Wildman–Crippen MR) is 71.5 cm³/mol. The number of H-pyrrole nitrogens is 1. The minimum atomic E-state index is 0.447. The molecule has 0 amide bonds. The summed E-state index contributed by atoms with van der Waals surface area (Å²) in [7, 11) is 0.